The van der Waals surface area contributed by atoms with Gasteiger partial charge in [0.15, 0.2) is 5.82 Å². The monoisotopic (exact) mass is 209 g/mol. The van der Waals surface area contributed by atoms with E-state index in [1.54, 1.807) is 7.05 Å². The molecule has 0 atom stereocenters. The predicted octanol–water partition coefficient (Wildman–Crippen LogP) is 2.39. The Morgan fingerprint density at radius 1 is 1.50 bits per heavy atom. The SMILES string of the molecule is CNc1ncc(F)c(-c2ccsc2)n1. The molecule has 1 N–H and O–H groups in total. The van der Waals surface area contributed by atoms with Crippen LogP contribution in [0.4, 0.5) is 10.3 Å². The van der Waals surface area contributed by atoms with E-state index in [4.69, 9.17) is 0 Å². The van der Waals surface area contributed by atoms with E-state index in [-0.39, 0.29) is 0 Å². The van der Waals surface area contributed by atoms with Crippen molar-refractivity contribution in [2.45, 2.75) is 0 Å². The molecule has 0 aliphatic heterocycles. The van der Waals surface area contributed by atoms with Gasteiger partial charge in [-0.3, -0.25) is 0 Å². The quantitative estimate of drug-likeness (QED) is 0.825. The summed E-state index contributed by atoms with van der Waals surface area (Å²) in [5.74, 6) is 0.0231. The molecule has 0 bridgehead atoms. The van der Waals surface area contributed by atoms with Gasteiger partial charge in [-0.1, -0.05) is 0 Å². The Morgan fingerprint density at radius 2 is 2.36 bits per heavy atom. The maximum absolute atomic E-state index is 13.3. The smallest absolute Gasteiger partial charge is 0.223 e. The van der Waals surface area contributed by atoms with Crippen LogP contribution in [0.5, 0.6) is 0 Å². The van der Waals surface area contributed by atoms with Crippen molar-refractivity contribution in [3.63, 3.8) is 0 Å². The summed E-state index contributed by atoms with van der Waals surface area (Å²) in [5, 5.41) is 6.51. The molecule has 0 saturated carbocycles. The molecule has 0 spiro atoms. The van der Waals surface area contributed by atoms with Crippen LogP contribution in [0.2, 0.25) is 0 Å². The fourth-order valence-corrected chi connectivity index (χ4v) is 1.73. The molecule has 0 amide bonds. The fourth-order valence-electron chi connectivity index (χ4n) is 1.09. The summed E-state index contributed by atoms with van der Waals surface area (Å²) in [6.45, 7) is 0. The van der Waals surface area contributed by atoms with Crippen molar-refractivity contribution < 1.29 is 4.39 Å². The number of thiophene rings is 1. The maximum atomic E-state index is 13.3. The lowest BCUT2D eigenvalue weighted by Crippen LogP contribution is -1.99. The molecule has 72 valence electrons. The van der Waals surface area contributed by atoms with Crippen LogP contribution in [0, 0.1) is 5.82 Å². The van der Waals surface area contributed by atoms with E-state index in [0.717, 1.165) is 5.56 Å². The van der Waals surface area contributed by atoms with E-state index in [9.17, 15) is 4.39 Å². The molecule has 0 radical (unpaired) electrons. The zero-order chi connectivity index (χ0) is 9.97. The van der Waals surface area contributed by atoms with Crippen LogP contribution in [0.25, 0.3) is 11.3 Å². The van der Waals surface area contributed by atoms with Crippen LogP contribution in [-0.2, 0) is 0 Å². The first-order valence-electron chi connectivity index (χ1n) is 4.04. The zero-order valence-electron chi connectivity index (χ0n) is 7.49. The molecule has 0 unspecified atom stereocenters. The Kier molecular flexibility index (Phi) is 2.41. The number of nitrogens with one attached hydrogen (secondary N) is 1. The van der Waals surface area contributed by atoms with Gasteiger partial charge in [0.05, 0.1) is 6.20 Å². The van der Waals surface area contributed by atoms with Crippen molar-refractivity contribution in [2.24, 2.45) is 0 Å². The number of nitrogens with zero attached hydrogens (tertiary/aromatic N) is 2. The third-order valence-electron chi connectivity index (χ3n) is 1.76. The molecule has 0 fully saturated rings. The third kappa shape index (κ3) is 1.58. The number of hydrogen-bond acceptors (Lipinski definition) is 4. The van der Waals surface area contributed by atoms with Crippen molar-refractivity contribution in [1.29, 1.82) is 0 Å². The topological polar surface area (TPSA) is 37.8 Å². The fraction of sp³-hybridized carbons (Fsp3) is 0.111. The molecule has 5 heteroatoms. The van der Waals surface area contributed by atoms with E-state index >= 15 is 0 Å². The highest BCUT2D eigenvalue weighted by molar-refractivity contribution is 7.08. The molecule has 3 nitrogen and oxygen atoms in total. The van der Waals surface area contributed by atoms with Gasteiger partial charge in [0.2, 0.25) is 5.95 Å². The first-order chi connectivity index (χ1) is 6.81. The highest BCUT2D eigenvalue weighted by Crippen LogP contribution is 2.23. The Morgan fingerprint density at radius 3 is 3.00 bits per heavy atom. The van der Waals surface area contributed by atoms with Gasteiger partial charge >= 0.3 is 0 Å². The second kappa shape index (κ2) is 3.71. The first-order valence-corrected chi connectivity index (χ1v) is 4.98. The summed E-state index contributed by atoms with van der Waals surface area (Å²) in [5.41, 5.74) is 1.12. The summed E-state index contributed by atoms with van der Waals surface area (Å²) in [6, 6.07) is 1.83. The summed E-state index contributed by atoms with van der Waals surface area (Å²) < 4.78 is 13.3. The molecule has 2 rings (SSSR count). The number of anilines is 1. The molecule has 14 heavy (non-hydrogen) atoms. The van der Waals surface area contributed by atoms with Crippen LogP contribution in [0.1, 0.15) is 0 Å². The molecule has 0 aliphatic carbocycles. The first kappa shape index (κ1) is 9.08. The molecule has 2 heterocycles. The number of aromatic nitrogens is 2. The lowest BCUT2D eigenvalue weighted by atomic mass is 10.2. The van der Waals surface area contributed by atoms with Crippen LogP contribution >= 0.6 is 11.3 Å². The summed E-state index contributed by atoms with van der Waals surface area (Å²) in [6.07, 6.45) is 1.17. The Labute approximate surface area is 84.6 Å². The van der Waals surface area contributed by atoms with Gasteiger partial charge in [0.25, 0.3) is 0 Å². The molecule has 0 aromatic carbocycles. The standard InChI is InChI=1S/C9H8FN3S/c1-11-9-12-4-7(10)8(13-9)6-2-3-14-5-6/h2-5H,1H3,(H,11,12,13). The van der Waals surface area contributed by atoms with Gasteiger partial charge < -0.3 is 5.32 Å². The van der Waals surface area contributed by atoms with Crippen LogP contribution in [0.3, 0.4) is 0 Å². The van der Waals surface area contributed by atoms with Gasteiger partial charge in [-0.2, -0.15) is 11.3 Å². The minimum absolute atomic E-state index is 0.339. The van der Waals surface area contributed by atoms with Gasteiger partial charge in [0, 0.05) is 18.0 Å². The number of halogens is 1. The Hall–Kier alpha value is -1.49. The van der Waals surface area contributed by atoms with Crippen molar-refractivity contribution in [3.05, 3.63) is 28.8 Å². The van der Waals surface area contributed by atoms with Crippen molar-refractivity contribution >= 4 is 17.3 Å². The average Bonchev–Trinajstić information content (AvgIpc) is 2.71. The zero-order valence-corrected chi connectivity index (χ0v) is 8.31. The number of rotatable bonds is 2. The van der Waals surface area contributed by atoms with Crippen LogP contribution < -0.4 is 5.32 Å². The van der Waals surface area contributed by atoms with E-state index in [1.165, 1.54) is 17.5 Å². The minimum Gasteiger partial charge on any atom is -0.357 e. The number of hydrogen-bond donors (Lipinski definition) is 1. The predicted molar refractivity (Wildman–Crippen MR) is 54.8 cm³/mol. The normalized spacial score (nSPS) is 10.1. The van der Waals surface area contributed by atoms with Crippen molar-refractivity contribution in [2.75, 3.05) is 12.4 Å². The second-order valence-corrected chi connectivity index (χ2v) is 3.43. The highest BCUT2D eigenvalue weighted by Gasteiger charge is 2.08. The van der Waals surface area contributed by atoms with Gasteiger partial charge in [-0.25, -0.2) is 14.4 Å². The lowest BCUT2D eigenvalue weighted by Gasteiger charge is -2.02. The van der Waals surface area contributed by atoms with E-state index in [0.29, 0.717) is 11.6 Å². The molecule has 2 aromatic heterocycles. The molecule has 0 saturated heterocycles. The summed E-state index contributed by atoms with van der Waals surface area (Å²) in [4.78, 5) is 7.82. The Balaban J connectivity index is 2.51. The summed E-state index contributed by atoms with van der Waals surface area (Å²) in [7, 11) is 1.70. The highest BCUT2D eigenvalue weighted by atomic mass is 32.1. The van der Waals surface area contributed by atoms with Gasteiger partial charge in [0.1, 0.15) is 5.69 Å². The average molecular weight is 209 g/mol. The summed E-state index contributed by atoms with van der Waals surface area (Å²) >= 11 is 1.51. The third-order valence-corrected chi connectivity index (χ3v) is 2.45. The van der Waals surface area contributed by atoms with Crippen molar-refractivity contribution in [3.8, 4) is 11.3 Å². The molecule has 2 aromatic rings. The van der Waals surface area contributed by atoms with E-state index < -0.39 is 5.82 Å². The molecular formula is C9H8FN3S. The van der Waals surface area contributed by atoms with Gasteiger partial charge in [-0.15, -0.1) is 0 Å². The van der Waals surface area contributed by atoms with Crippen LogP contribution in [0.15, 0.2) is 23.0 Å². The largest absolute Gasteiger partial charge is 0.357 e. The molecular weight excluding hydrogens is 201 g/mol. The maximum Gasteiger partial charge on any atom is 0.223 e. The Bertz CT molecular complexity index is 428. The minimum atomic E-state index is -0.401. The van der Waals surface area contributed by atoms with E-state index in [2.05, 4.69) is 15.3 Å². The van der Waals surface area contributed by atoms with E-state index in [1.807, 2.05) is 16.8 Å². The second-order valence-electron chi connectivity index (χ2n) is 2.65. The van der Waals surface area contributed by atoms with Gasteiger partial charge in [-0.05, 0) is 11.4 Å². The van der Waals surface area contributed by atoms with Crippen LogP contribution in [-0.4, -0.2) is 17.0 Å². The molecule has 0 aliphatic rings. The lowest BCUT2D eigenvalue weighted by molar-refractivity contribution is 0.619. The van der Waals surface area contributed by atoms with Crippen molar-refractivity contribution in [1.82, 2.24) is 9.97 Å².